The number of rotatable bonds is 25. The van der Waals surface area contributed by atoms with E-state index in [0.717, 1.165) is 50.6 Å². The van der Waals surface area contributed by atoms with Crippen molar-refractivity contribution in [3.8, 4) is 11.5 Å². The molecule has 1 unspecified atom stereocenters. The first-order valence-corrected chi connectivity index (χ1v) is 28.4. The van der Waals surface area contributed by atoms with Gasteiger partial charge >= 0.3 is 5.97 Å². The zero-order chi connectivity index (χ0) is 56.6. The van der Waals surface area contributed by atoms with Crippen molar-refractivity contribution >= 4 is 50.9 Å². The van der Waals surface area contributed by atoms with Gasteiger partial charge in [-0.15, -0.1) is 5.06 Å². The number of nitrogens with one attached hydrogen (secondary N) is 1. The Labute approximate surface area is 459 Å². The molecule has 4 aliphatic rings. The van der Waals surface area contributed by atoms with E-state index in [-0.39, 0.29) is 41.2 Å². The number of aryl methyl sites for hydroxylation is 1. The molecule has 18 heteroatoms. The minimum absolute atomic E-state index is 0.0318. The van der Waals surface area contributed by atoms with Crippen LogP contribution in [0, 0.1) is 27.7 Å². The van der Waals surface area contributed by atoms with E-state index in [0.29, 0.717) is 102 Å². The Morgan fingerprint density at radius 2 is 1.44 bits per heavy atom. The fraction of sp³-hybridized carbons (Fsp3) is 0.483. The van der Waals surface area contributed by atoms with Crippen LogP contribution in [-0.4, -0.2) is 122 Å². The van der Waals surface area contributed by atoms with Crippen molar-refractivity contribution in [2.45, 2.75) is 135 Å². The number of fused-ring (bicyclic) bond motifs is 3. The van der Waals surface area contributed by atoms with Crippen LogP contribution in [-0.2, 0) is 65.6 Å². The first-order valence-electron chi connectivity index (χ1n) is 26.9. The lowest BCUT2D eigenvalue weighted by atomic mass is 9.81. The molecule has 3 aromatic carbocycles. The molecule has 4 heterocycles. The molecule has 1 fully saturated rings. The molecule has 1 saturated heterocycles. The van der Waals surface area contributed by atoms with Gasteiger partial charge in [0, 0.05) is 85.3 Å². The Hall–Kier alpha value is -6.44. The quantitative estimate of drug-likeness (QED) is 0.0238. The van der Waals surface area contributed by atoms with Gasteiger partial charge < -0.3 is 39.1 Å². The Morgan fingerprint density at radius 3 is 2.14 bits per heavy atom. The van der Waals surface area contributed by atoms with Gasteiger partial charge in [-0.2, -0.15) is 13.0 Å². The summed E-state index contributed by atoms with van der Waals surface area (Å²) in [5.41, 5.74) is 8.68. The van der Waals surface area contributed by atoms with Crippen molar-refractivity contribution < 1.29 is 65.6 Å². The smallest absolute Gasteiger partial charge is 0.333 e. The number of hydrogen-bond acceptors (Lipinski definition) is 13. The van der Waals surface area contributed by atoms with Gasteiger partial charge in [0.1, 0.15) is 18.0 Å². The van der Waals surface area contributed by atoms with Crippen molar-refractivity contribution in [2.75, 3.05) is 64.2 Å². The SMILES string of the molecule is Cc1ccc2c(c1)C(C)(C)C(=CC=CC=CC=CC1=[N+](CCCCCC(=O)ON3C(=O)CCC3=O)c3ccc(S(=O)(=O)O)cc3C1(C)C)N2CCOCCOCCOCCNC(=O)C1(C)CCc2c(C)c(O)c(C)c(C)c2O1. The normalized spacial score (nSPS) is 19.2. The van der Waals surface area contributed by atoms with Crippen LogP contribution in [0.3, 0.4) is 0 Å². The molecule has 420 valence electrons. The van der Waals surface area contributed by atoms with Crippen LogP contribution in [0.15, 0.2) is 89.5 Å². The maximum Gasteiger partial charge on any atom is 0.333 e. The lowest BCUT2D eigenvalue weighted by Gasteiger charge is -2.36. The van der Waals surface area contributed by atoms with E-state index in [4.69, 9.17) is 23.8 Å². The van der Waals surface area contributed by atoms with E-state index in [1.54, 1.807) is 13.0 Å². The summed E-state index contributed by atoms with van der Waals surface area (Å²) in [5, 5.41) is 14.0. The van der Waals surface area contributed by atoms with Crippen LogP contribution in [0.2, 0.25) is 0 Å². The van der Waals surface area contributed by atoms with Crippen molar-refractivity contribution in [3.05, 3.63) is 124 Å². The minimum Gasteiger partial charge on any atom is -0.507 e. The highest BCUT2D eigenvalue weighted by Crippen LogP contribution is 2.48. The molecule has 3 N–H and O–H groups in total. The molecule has 0 aromatic heterocycles. The van der Waals surface area contributed by atoms with E-state index in [1.807, 2.05) is 71.1 Å². The predicted octanol–water partition coefficient (Wildman–Crippen LogP) is 8.72. The number of ether oxygens (including phenoxy) is 4. The number of phenolic OH excluding ortho intramolecular Hbond substituents is 1. The number of anilines is 1. The van der Waals surface area contributed by atoms with Gasteiger partial charge in [-0.1, -0.05) is 61.9 Å². The molecule has 17 nitrogen and oxygen atoms in total. The van der Waals surface area contributed by atoms with Crippen LogP contribution >= 0.6 is 0 Å². The topological polar surface area (TPSA) is 211 Å². The molecular weight excluding hydrogens is 1020 g/mol. The summed E-state index contributed by atoms with van der Waals surface area (Å²) < 4.78 is 60.2. The lowest BCUT2D eigenvalue weighted by Crippen LogP contribution is -2.51. The van der Waals surface area contributed by atoms with Crippen molar-refractivity contribution in [2.24, 2.45) is 0 Å². The average molecular weight is 1090 g/mol. The fourth-order valence-corrected chi connectivity index (χ4v) is 11.1. The van der Waals surface area contributed by atoms with Crippen LogP contribution in [0.1, 0.15) is 119 Å². The van der Waals surface area contributed by atoms with E-state index < -0.39 is 38.9 Å². The molecule has 4 aliphatic heterocycles. The summed E-state index contributed by atoms with van der Waals surface area (Å²) in [5.74, 6) is -0.897. The van der Waals surface area contributed by atoms with Crippen LogP contribution in [0.25, 0.3) is 0 Å². The highest BCUT2D eigenvalue weighted by molar-refractivity contribution is 7.85. The van der Waals surface area contributed by atoms with Crippen LogP contribution in [0.4, 0.5) is 11.4 Å². The summed E-state index contributed by atoms with van der Waals surface area (Å²) in [6.07, 6.45) is 17.0. The monoisotopic (exact) mass is 1090 g/mol. The van der Waals surface area contributed by atoms with Gasteiger partial charge in [-0.3, -0.25) is 18.9 Å². The largest absolute Gasteiger partial charge is 0.507 e. The van der Waals surface area contributed by atoms with Gasteiger partial charge in [-0.25, -0.2) is 4.79 Å². The summed E-state index contributed by atoms with van der Waals surface area (Å²) in [4.78, 5) is 56.4. The number of unbranched alkanes of at least 4 members (excludes halogenated alkanes) is 2. The number of amides is 3. The second kappa shape index (κ2) is 25.1. The average Bonchev–Trinajstić information content (AvgIpc) is 4.06. The van der Waals surface area contributed by atoms with E-state index in [2.05, 4.69) is 59.8 Å². The number of hydroxylamine groups is 2. The third-order valence-corrected chi connectivity index (χ3v) is 16.2. The molecule has 7 rings (SSSR count). The molecular formula is C60H77N4O13S+. The highest BCUT2D eigenvalue weighted by atomic mass is 32.2. The number of carbonyl (C=O) groups excluding carboxylic acids is 4. The minimum atomic E-state index is -4.44. The molecule has 3 amide bonds. The summed E-state index contributed by atoms with van der Waals surface area (Å²) in [7, 11) is -4.44. The van der Waals surface area contributed by atoms with Crippen molar-refractivity contribution in [1.82, 2.24) is 10.4 Å². The first-order chi connectivity index (χ1) is 37.0. The molecule has 1 atom stereocenters. The highest BCUT2D eigenvalue weighted by Gasteiger charge is 2.45. The maximum absolute atomic E-state index is 13.2. The third kappa shape index (κ3) is 13.3. The number of phenols is 1. The lowest BCUT2D eigenvalue weighted by molar-refractivity contribution is -0.438. The molecule has 0 aliphatic carbocycles. The van der Waals surface area contributed by atoms with Crippen LogP contribution < -0.4 is 15.0 Å². The van der Waals surface area contributed by atoms with E-state index in [9.17, 15) is 37.3 Å². The fourth-order valence-electron chi connectivity index (χ4n) is 10.6. The summed E-state index contributed by atoms with van der Waals surface area (Å²) in [6.45, 7) is 22.0. The number of hydrogen-bond donors (Lipinski definition) is 3. The standard InChI is InChI=1S/C60H76N4O13S/c1-40-21-23-48-46(38-40)58(5,6)51(63(48)31-33-74-35-37-75-36-34-73-32-29-61-57(69)60(9)28-27-45-43(4)55(68)41(2)42(3)56(45)76-60)19-15-12-10-11-14-18-50-59(7,8)47-39-44(78(70,71)72)22-24-49(47)62(50)30-17-13-16-20-54(67)77-64-52(65)25-26-53(64)66/h10-12,14-15,18-19,21-24,38-39H,13,16-17,20,25-37H2,1-9H3,(H2-,61,68,69,70,71,72)/p+1. The number of benzene rings is 3. The Bertz CT molecular complexity index is 3050. The molecule has 0 radical (unpaired) electrons. The van der Waals surface area contributed by atoms with E-state index in [1.165, 1.54) is 23.3 Å². The second-order valence-corrected chi connectivity index (χ2v) is 23.0. The van der Waals surface area contributed by atoms with Gasteiger partial charge in [0.25, 0.3) is 27.8 Å². The number of aromatic hydroxyl groups is 1. The Kier molecular flexibility index (Phi) is 19.1. The Balaban J connectivity index is 0.875. The van der Waals surface area contributed by atoms with Gasteiger partial charge in [-0.05, 0) is 114 Å². The summed E-state index contributed by atoms with van der Waals surface area (Å²) >= 11 is 0. The van der Waals surface area contributed by atoms with E-state index >= 15 is 0 Å². The molecule has 3 aromatic rings. The summed E-state index contributed by atoms with van der Waals surface area (Å²) in [6, 6.07) is 11.2. The number of allylic oxidation sites excluding steroid dienone is 8. The zero-order valence-electron chi connectivity index (χ0n) is 46.7. The molecule has 0 spiro atoms. The second-order valence-electron chi connectivity index (χ2n) is 21.6. The third-order valence-electron chi connectivity index (χ3n) is 15.4. The zero-order valence-corrected chi connectivity index (χ0v) is 47.5. The van der Waals surface area contributed by atoms with Gasteiger partial charge in [0.05, 0.1) is 50.0 Å². The molecule has 0 saturated carbocycles. The van der Waals surface area contributed by atoms with Gasteiger partial charge in [0.2, 0.25) is 5.69 Å². The number of imide groups is 1. The maximum atomic E-state index is 13.2. The number of carbonyl (C=O) groups is 4. The first kappa shape index (κ1) is 59.2. The van der Waals surface area contributed by atoms with Crippen LogP contribution in [0.5, 0.6) is 11.5 Å². The number of nitrogens with zero attached hydrogens (tertiary/aromatic N) is 3. The van der Waals surface area contributed by atoms with Gasteiger partial charge in [0.15, 0.2) is 11.3 Å². The van der Waals surface area contributed by atoms with Crippen molar-refractivity contribution in [3.63, 3.8) is 0 Å². The predicted molar refractivity (Wildman–Crippen MR) is 297 cm³/mol. The van der Waals surface area contributed by atoms with Crippen molar-refractivity contribution in [1.29, 1.82) is 0 Å². The molecule has 0 bridgehead atoms. The molecule has 78 heavy (non-hydrogen) atoms. The Morgan fingerprint density at radius 1 is 0.769 bits per heavy atom.